The molecule has 0 aliphatic rings. The van der Waals surface area contributed by atoms with Crippen LogP contribution >= 0.6 is 31.9 Å². The summed E-state index contributed by atoms with van der Waals surface area (Å²) in [5.74, 6) is 0. The highest BCUT2D eigenvalue weighted by molar-refractivity contribution is 9.11. The lowest BCUT2D eigenvalue weighted by Gasteiger charge is -2.00. The van der Waals surface area contributed by atoms with E-state index in [1.54, 1.807) is 0 Å². The number of nitrogens with zero attached hydrogens (tertiary/aromatic N) is 3. The Bertz CT molecular complexity index is 491. The molecule has 16 heavy (non-hydrogen) atoms. The topological polar surface area (TPSA) is 30.7 Å². The average molecular weight is 349 g/mol. The third-order valence-corrected chi connectivity index (χ3v) is 3.10. The molecule has 2 rings (SSSR count). The van der Waals surface area contributed by atoms with Gasteiger partial charge in [-0.1, -0.05) is 13.8 Å². The fourth-order valence-corrected chi connectivity index (χ4v) is 2.81. The Balaban J connectivity index is 0.000000606. The molecule has 0 amide bonds. The predicted molar refractivity (Wildman–Crippen MR) is 74.7 cm³/mol. The van der Waals surface area contributed by atoms with Crippen molar-refractivity contribution in [3.63, 3.8) is 0 Å². The molecular weight excluding hydrogens is 334 g/mol. The molecule has 0 saturated carbocycles. The molecule has 0 radical (unpaired) electrons. The van der Waals surface area contributed by atoms with Gasteiger partial charge in [0.2, 0.25) is 0 Å². The van der Waals surface area contributed by atoms with Gasteiger partial charge in [-0.3, -0.25) is 4.68 Å². The molecule has 2 aromatic rings. The SMILES string of the molecule is CC.CCn1nc(C)c2nc(Br)cc(Br)c21. The van der Waals surface area contributed by atoms with Gasteiger partial charge in [-0.25, -0.2) is 4.98 Å². The summed E-state index contributed by atoms with van der Waals surface area (Å²) in [7, 11) is 0. The number of aromatic nitrogens is 3. The zero-order valence-electron chi connectivity index (χ0n) is 9.88. The summed E-state index contributed by atoms with van der Waals surface area (Å²) in [6.45, 7) is 8.90. The van der Waals surface area contributed by atoms with Gasteiger partial charge in [-0.2, -0.15) is 5.10 Å². The van der Waals surface area contributed by atoms with Crippen LogP contribution < -0.4 is 0 Å². The van der Waals surface area contributed by atoms with Gasteiger partial charge in [0.25, 0.3) is 0 Å². The molecule has 0 unspecified atom stereocenters. The van der Waals surface area contributed by atoms with Crippen LogP contribution in [0, 0.1) is 6.92 Å². The smallest absolute Gasteiger partial charge is 0.114 e. The number of hydrogen-bond donors (Lipinski definition) is 0. The molecule has 0 spiro atoms. The molecule has 3 nitrogen and oxygen atoms in total. The van der Waals surface area contributed by atoms with Crippen molar-refractivity contribution in [2.75, 3.05) is 0 Å². The number of rotatable bonds is 1. The lowest BCUT2D eigenvalue weighted by molar-refractivity contribution is 0.675. The second-order valence-corrected chi connectivity index (χ2v) is 4.69. The van der Waals surface area contributed by atoms with Crippen LogP contribution in [0.5, 0.6) is 0 Å². The molecular formula is C11H15Br2N3. The van der Waals surface area contributed by atoms with Gasteiger partial charge in [0.1, 0.15) is 15.6 Å². The molecule has 2 heterocycles. The first kappa shape index (κ1) is 13.6. The third-order valence-electron chi connectivity index (χ3n) is 2.09. The van der Waals surface area contributed by atoms with Crippen molar-refractivity contribution < 1.29 is 0 Å². The maximum Gasteiger partial charge on any atom is 0.114 e. The van der Waals surface area contributed by atoms with E-state index in [1.807, 2.05) is 31.5 Å². The first-order valence-corrected chi connectivity index (χ1v) is 6.91. The van der Waals surface area contributed by atoms with Crippen LogP contribution in [0.15, 0.2) is 15.1 Å². The zero-order valence-corrected chi connectivity index (χ0v) is 13.1. The monoisotopic (exact) mass is 347 g/mol. The molecule has 0 aromatic carbocycles. The van der Waals surface area contributed by atoms with E-state index in [2.05, 4.69) is 48.9 Å². The normalized spacial score (nSPS) is 10.1. The molecule has 0 atom stereocenters. The number of aryl methyl sites for hydroxylation is 2. The van der Waals surface area contributed by atoms with Crippen molar-refractivity contribution in [1.29, 1.82) is 0 Å². The predicted octanol–water partition coefficient (Wildman–Crippen LogP) is 4.31. The molecule has 0 fully saturated rings. The van der Waals surface area contributed by atoms with Gasteiger partial charge in [0.15, 0.2) is 0 Å². The van der Waals surface area contributed by atoms with Gasteiger partial charge in [0, 0.05) is 11.0 Å². The van der Waals surface area contributed by atoms with Gasteiger partial charge < -0.3 is 0 Å². The van der Waals surface area contributed by atoms with E-state index >= 15 is 0 Å². The van der Waals surface area contributed by atoms with Crippen molar-refractivity contribution in [3.8, 4) is 0 Å². The Morgan fingerprint density at radius 3 is 2.50 bits per heavy atom. The van der Waals surface area contributed by atoms with Gasteiger partial charge >= 0.3 is 0 Å². The number of fused-ring (bicyclic) bond motifs is 1. The van der Waals surface area contributed by atoms with E-state index in [0.29, 0.717) is 0 Å². The summed E-state index contributed by atoms with van der Waals surface area (Å²) in [6.07, 6.45) is 0. The summed E-state index contributed by atoms with van der Waals surface area (Å²) in [4.78, 5) is 4.41. The molecule has 0 N–H and O–H groups in total. The van der Waals surface area contributed by atoms with Crippen molar-refractivity contribution in [3.05, 3.63) is 20.8 Å². The second-order valence-electron chi connectivity index (χ2n) is 3.03. The van der Waals surface area contributed by atoms with Crippen LogP contribution in [-0.2, 0) is 6.54 Å². The lowest BCUT2D eigenvalue weighted by Crippen LogP contribution is -1.96. The first-order valence-electron chi connectivity index (χ1n) is 5.32. The Morgan fingerprint density at radius 1 is 1.31 bits per heavy atom. The van der Waals surface area contributed by atoms with Crippen molar-refractivity contribution in [2.24, 2.45) is 0 Å². The van der Waals surface area contributed by atoms with E-state index in [0.717, 1.165) is 32.3 Å². The molecule has 0 bridgehead atoms. The van der Waals surface area contributed by atoms with Crippen LogP contribution in [0.25, 0.3) is 11.0 Å². The summed E-state index contributed by atoms with van der Waals surface area (Å²) in [5, 5.41) is 4.41. The van der Waals surface area contributed by atoms with Crippen molar-refractivity contribution in [2.45, 2.75) is 34.2 Å². The van der Waals surface area contributed by atoms with Gasteiger partial charge in [-0.05, 0) is 51.8 Å². The highest BCUT2D eigenvalue weighted by Crippen LogP contribution is 2.27. The lowest BCUT2D eigenvalue weighted by atomic mass is 10.3. The summed E-state index contributed by atoms with van der Waals surface area (Å²) in [6, 6.07) is 1.94. The largest absolute Gasteiger partial charge is 0.262 e. The van der Waals surface area contributed by atoms with E-state index in [9.17, 15) is 0 Å². The Hall–Kier alpha value is -0.420. The second kappa shape index (κ2) is 5.77. The summed E-state index contributed by atoms with van der Waals surface area (Å²) < 4.78 is 3.81. The fourth-order valence-electron chi connectivity index (χ4n) is 1.48. The van der Waals surface area contributed by atoms with Crippen LogP contribution in [0.3, 0.4) is 0 Å². The van der Waals surface area contributed by atoms with Crippen LogP contribution in [0.4, 0.5) is 0 Å². The Kier molecular flexibility index (Phi) is 4.92. The Morgan fingerprint density at radius 2 is 1.94 bits per heavy atom. The van der Waals surface area contributed by atoms with Gasteiger partial charge in [0.05, 0.1) is 5.69 Å². The average Bonchev–Trinajstić information content (AvgIpc) is 2.59. The van der Waals surface area contributed by atoms with E-state index in [-0.39, 0.29) is 0 Å². The van der Waals surface area contributed by atoms with E-state index in [4.69, 9.17) is 0 Å². The van der Waals surface area contributed by atoms with Gasteiger partial charge in [-0.15, -0.1) is 0 Å². The third kappa shape index (κ3) is 2.46. The first-order chi connectivity index (χ1) is 7.63. The molecule has 88 valence electrons. The summed E-state index contributed by atoms with van der Waals surface area (Å²) in [5.41, 5.74) is 2.98. The molecule has 5 heteroatoms. The maximum absolute atomic E-state index is 4.41. The minimum atomic E-state index is 0.829. The molecule has 0 saturated heterocycles. The number of hydrogen-bond acceptors (Lipinski definition) is 2. The highest BCUT2D eigenvalue weighted by Gasteiger charge is 2.11. The minimum absolute atomic E-state index is 0.829. The van der Waals surface area contributed by atoms with Crippen LogP contribution in [0.1, 0.15) is 26.5 Å². The fraction of sp³-hybridized carbons (Fsp3) is 0.455. The number of halogens is 2. The van der Waals surface area contributed by atoms with Crippen LogP contribution in [0.2, 0.25) is 0 Å². The minimum Gasteiger partial charge on any atom is -0.262 e. The molecule has 0 aliphatic heterocycles. The van der Waals surface area contributed by atoms with E-state index in [1.165, 1.54) is 0 Å². The van der Waals surface area contributed by atoms with Crippen molar-refractivity contribution in [1.82, 2.24) is 14.8 Å². The van der Waals surface area contributed by atoms with Crippen molar-refractivity contribution >= 4 is 42.9 Å². The molecule has 0 aliphatic carbocycles. The highest BCUT2D eigenvalue weighted by atomic mass is 79.9. The van der Waals surface area contributed by atoms with E-state index < -0.39 is 0 Å². The summed E-state index contributed by atoms with van der Waals surface area (Å²) >= 11 is 6.89. The quantitative estimate of drug-likeness (QED) is 0.719. The molecule has 2 aromatic heterocycles. The number of pyridine rings is 1. The van der Waals surface area contributed by atoms with Crippen LogP contribution in [-0.4, -0.2) is 14.8 Å². The zero-order chi connectivity index (χ0) is 12.3. The Labute approximate surface area is 113 Å². The standard InChI is InChI=1S/C9H9Br2N3.C2H6/c1-3-14-9-6(10)4-7(11)12-8(9)5(2)13-14;1-2/h4H,3H2,1-2H3;1-2H3. The maximum atomic E-state index is 4.41.